The summed E-state index contributed by atoms with van der Waals surface area (Å²) in [7, 11) is 0. The van der Waals surface area contributed by atoms with Crippen molar-refractivity contribution in [2.45, 2.75) is 27.7 Å². The lowest BCUT2D eigenvalue weighted by atomic mass is 10.00. The minimum absolute atomic E-state index is 0.927. The fourth-order valence-electron chi connectivity index (χ4n) is 3.26. The second kappa shape index (κ2) is 8.62. The summed E-state index contributed by atoms with van der Waals surface area (Å²) in [5.41, 5.74) is 9.47. The third-order valence-corrected chi connectivity index (χ3v) is 4.68. The largest absolute Gasteiger partial charge is 0.249 e. The van der Waals surface area contributed by atoms with Gasteiger partial charge in [-0.25, -0.2) is 9.97 Å². The van der Waals surface area contributed by atoms with Crippen molar-refractivity contribution in [3.63, 3.8) is 0 Å². The molecule has 140 valence electrons. The van der Waals surface area contributed by atoms with Gasteiger partial charge in [0.2, 0.25) is 0 Å². The third kappa shape index (κ3) is 4.17. The zero-order valence-electron chi connectivity index (χ0n) is 17.0. The van der Waals surface area contributed by atoms with Crippen LogP contribution in [0.25, 0.3) is 28.0 Å². The van der Waals surface area contributed by atoms with E-state index in [0.29, 0.717) is 0 Å². The summed E-state index contributed by atoms with van der Waals surface area (Å²) in [6, 6.07) is 18.9. The summed E-state index contributed by atoms with van der Waals surface area (Å²) < 4.78 is 0. The van der Waals surface area contributed by atoms with Crippen LogP contribution in [0.2, 0.25) is 0 Å². The Bertz CT molecular complexity index is 1050. The average molecular weight is 367 g/mol. The maximum atomic E-state index is 4.93. The van der Waals surface area contributed by atoms with E-state index in [2.05, 4.69) is 75.0 Å². The highest BCUT2D eigenvalue weighted by Crippen LogP contribution is 2.29. The molecule has 0 radical (unpaired) electrons. The van der Waals surface area contributed by atoms with Gasteiger partial charge in [0.1, 0.15) is 0 Å². The molecule has 0 atom stereocenters. The van der Waals surface area contributed by atoms with Gasteiger partial charge in [0.05, 0.1) is 22.8 Å². The van der Waals surface area contributed by atoms with Gasteiger partial charge in [-0.05, 0) is 44.9 Å². The number of hydrogen-bond acceptors (Lipinski definition) is 2. The van der Waals surface area contributed by atoms with E-state index < -0.39 is 0 Å². The Hall–Kier alpha value is -3.26. The van der Waals surface area contributed by atoms with E-state index >= 15 is 0 Å². The number of benzene rings is 2. The lowest BCUT2D eigenvalue weighted by molar-refractivity contribution is 1.04. The molecule has 0 bridgehead atoms. The Morgan fingerprint density at radius 2 is 1.50 bits per heavy atom. The summed E-state index contributed by atoms with van der Waals surface area (Å²) in [6.45, 7) is 12.0. The molecule has 1 aromatic heterocycles. The smallest absolute Gasteiger partial charge is 0.0918 e. The van der Waals surface area contributed by atoms with Crippen molar-refractivity contribution < 1.29 is 0 Å². The molecule has 0 unspecified atom stereocenters. The molecule has 0 saturated heterocycles. The molecular formula is C26H26N2. The van der Waals surface area contributed by atoms with Crippen LogP contribution in [0.3, 0.4) is 0 Å². The molecule has 0 spiro atoms. The van der Waals surface area contributed by atoms with Gasteiger partial charge in [0, 0.05) is 11.1 Å². The van der Waals surface area contributed by atoms with Gasteiger partial charge in [-0.15, -0.1) is 0 Å². The molecule has 0 fully saturated rings. The molecule has 2 nitrogen and oxygen atoms in total. The van der Waals surface area contributed by atoms with Crippen LogP contribution in [0.5, 0.6) is 0 Å². The molecule has 0 aliphatic rings. The van der Waals surface area contributed by atoms with Crippen molar-refractivity contribution >= 4 is 5.57 Å². The van der Waals surface area contributed by atoms with Crippen LogP contribution >= 0.6 is 0 Å². The zero-order chi connectivity index (χ0) is 20.1. The van der Waals surface area contributed by atoms with E-state index in [1.807, 2.05) is 26.0 Å². The standard InChI is InChI=1S/C26H26N2/c1-6-7-16-24(18(2)3)26-20(5)27-25(19(4)28-26)23-15-11-14-22(17-23)21-12-9-8-10-13-21/h6-17H,1H2,2-5H3/b16-7-. The first-order chi connectivity index (χ1) is 13.5. The quantitative estimate of drug-likeness (QED) is 0.456. The van der Waals surface area contributed by atoms with E-state index in [4.69, 9.17) is 9.97 Å². The van der Waals surface area contributed by atoms with Crippen molar-refractivity contribution in [3.05, 3.63) is 102 Å². The van der Waals surface area contributed by atoms with Crippen LogP contribution in [0.4, 0.5) is 0 Å². The average Bonchev–Trinajstić information content (AvgIpc) is 2.71. The molecule has 0 N–H and O–H groups in total. The topological polar surface area (TPSA) is 25.8 Å². The Balaban J connectivity index is 2.08. The summed E-state index contributed by atoms with van der Waals surface area (Å²) in [4.78, 5) is 9.85. The molecular weight excluding hydrogens is 340 g/mol. The highest BCUT2D eigenvalue weighted by atomic mass is 14.8. The Morgan fingerprint density at radius 1 is 0.821 bits per heavy atom. The molecule has 1 heterocycles. The molecule has 2 heteroatoms. The van der Waals surface area contributed by atoms with Crippen LogP contribution in [0.1, 0.15) is 30.9 Å². The third-order valence-electron chi connectivity index (χ3n) is 4.68. The molecule has 2 aromatic carbocycles. The van der Waals surface area contributed by atoms with Crippen LogP contribution < -0.4 is 0 Å². The molecule has 0 aliphatic heterocycles. The molecule has 0 aliphatic carbocycles. The molecule has 28 heavy (non-hydrogen) atoms. The van der Waals surface area contributed by atoms with Crippen LogP contribution in [0.15, 0.2) is 85.0 Å². The minimum atomic E-state index is 0.927. The lowest BCUT2D eigenvalue weighted by Crippen LogP contribution is -2.02. The molecule has 0 amide bonds. The zero-order valence-corrected chi connectivity index (χ0v) is 17.0. The lowest BCUT2D eigenvalue weighted by Gasteiger charge is -2.13. The number of hydrogen-bond donors (Lipinski definition) is 0. The number of nitrogens with zero attached hydrogens (tertiary/aromatic N) is 2. The second-order valence-electron chi connectivity index (χ2n) is 7.05. The predicted octanol–water partition coefficient (Wildman–Crippen LogP) is 6.96. The van der Waals surface area contributed by atoms with Gasteiger partial charge < -0.3 is 0 Å². The van der Waals surface area contributed by atoms with E-state index in [1.165, 1.54) is 16.7 Å². The van der Waals surface area contributed by atoms with E-state index in [-0.39, 0.29) is 0 Å². The van der Waals surface area contributed by atoms with Crippen LogP contribution in [0, 0.1) is 13.8 Å². The summed E-state index contributed by atoms with van der Waals surface area (Å²) in [5.74, 6) is 0. The van der Waals surface area contributed by atoms with E-state index in [9.17, 15) is 0 Å². The number of aryl methyl sites for hydroxylation is 2. The SMILES string of the molecule is C=C/C=C\C(=C(C)C)c1nc(C)c(-c2cccc(-c3ccccc3)c2)nc1C. The normalized spacial score (nSPS) is 10.9. The molecule has 0 saturated carbocycles. The van der Waals surface area contributed by atoms with Gasteiger partial charge in [-0.3, -0.25) is 0 Å². The Morgan fingerprint density at radius 3 is 2.18 bits per heavy atom. The fourth-order valence-corrected chi connectivity index (χ4v) is 3.26. The summed E-state index contributed by atoms with van der Waals surface area (Å²) in [5, 5.41) is 0. The fraction of sp³-hybridized carbons (Fsp3) is 0.154. The van der Waals surface area contributed by atoms with Crippen molar-refractivity contribution in [3.8, 4) is 22.4 Å². The Labute approximate surface area is 168 Å². The van der Waals surface area contributed by atoms with Crippen molar-refractivity contribution in [2.24, 2.45) is 0 Å². The van der Waals surface area contributed by atoms with Crippen molar-refractivity contribution in [1.82, 2.24) is 9.97 Å². The highest BCUT2D eigenvalue weighted by molar-refractivity contribution is 5.77. The number of aromatic nitrogens is 2. The molecule has 3 rings (SSSR count). The number of rotatable bonds is 5. The first-order valence-corrected chi connectivity index (χ1v) is 9.49. The van der Waals surface area contributed by atoms with Crippen LogP contribution in [-0.2, 0) is 0 Å². The summed E-state index contributed by atoms with van der Waals surface area (Å²) in [6.07, 6.45) is 5.77. The van der Waals surface area contributed by atoms with Gasteiger partial charge in [0.15, 0.2) is 0 Å². The summed E-state index contributed by atoms with van der Waals surface area (Å²) >= 11 is 0. The van der Waals surface area contributed by atoms with Gasteiger partial charge in [-0.2, -0.15) is 0 Å². The Kier molecular flexibility index (Phi) is 6.00. The highest BCUT2D eigenvalue weighted by Gasteiger charge is 2.13. The van der Waals surface area contributed by atoms with E-state index in [0.717, 1.165) is 33.9 Å². The van der Waals surface area contributed by atoms with E-state index in [1.54, 1.807) is 6.08 Å². The number of allylic oxidation sites excluding steroid dienone is 5. The van der Waals surface area contributed by atoms with Crippen molar-refractivity contribution in [1.29, 1.82) is 0 Å². The maximum absolute atomic E-state index is 4.93. The predicted molar refractivity (Wildman–Crippen MR) is 120 cm³/mol. The monoisotopic (exact) mass is 366 g/mol. The second-order valence-corrected chi connectivity index (χ2v) is 7.05. The maximum Gasteiger partial charge on any atom is 0.0918 e. The van der Waals surface area contributed by atoms with Gasteiger partial charge >= 0.3 is 0 Å². The van der Waals surface area contributed by atoms with Crippen molar-refractivity contribution in [2.75, 3.05) is 0 Å². The first-order valence-electron chi connectivity index (χ1n) is 9.49. The first kappa shape index (κ1) is 19.5. The molecule has 3 aromatic rings. The van der Waals surface area contributed by atoms with Gasteiger partial charge in [-0.1, -0.05) is 78.9 Å². The van der Waals surface area contributed by atoms with Crippen LogP contribution in [-0.4, -0.2) is 9.97 Å². The van der Waals surface area contributed by atoms with Gasteiger partial charge in [0.25, 0.3) is 0 Å². The minimum Gasteiger partial charge on any atom is -0.249 e.